The van der Waals surface area contributed by atoms with Crippen molar-refractivity contribution in [1.29, 1.82) is 0 Å². The molecule has 0 fully saturated rings. The summed E-state index contributed by atoms with van der Waals surface area (Å²) in [5.41, 5.74) is 2.61. The van der Waals surface area contributed by atoms with Crippen LogP contribution in [-0.4, -0.2) is 26.6 Å². The van der Waals surface area contributed by atoms with Crippen molar-refractivity contribution in [2.24, 2.45) is 0 Å². The zero-order valence-corrected chi connectivity index (χ0v) is 14.6. The van der Waals surface area contributed by atoms with Crippen molar-refractivity contribution < 1.29 is 19.0 Å². The number of carbonyl (C=O) groups is 1. The van der Waals surface area contributed by atoms with Gasteiger partial charge in [0.05, 0.1) is 12.7 Å². The van der Waals surface area contributed by atoms with Gasteiger partial charge in [0.25, 0.3) is 0 Å². The number of hydrogen-bond donors (Lipinski definition) is 0. The van der Waals surface area contributed by atoms with E-state index >= 15 is 0 Å². The van der Waals surface area contributed by atoms with E-state index in [1.165, 1.54) is 0 Å². The second-order valence-electron chi connectivity index (χ2n) is 5.58. The van der Waals surface area contributed by atoms with Gasteiger partial charge in [-0.05, 0) is 23.8 Å². The van der Waals surface area contributed by atoms with E-state index in [0.717, 1.165) is 23.2 Å². The number of rotatable bonds is 8. The minimum absolute atomic E-state index is 0.317. The summed E-state index contributed by atoms with van der Waals surface area (Å²) in [5.74, 6) is 1.92. The maximum atomic E-state index is 11.1. The van der Waals surface area contributed by atoms with Crippen molar-refractivity contribution in [1.82, 2.24) is 0 Å². The third-order valence-corrected chi connectivity index (χ3v) is 3.92. The Bertz CT molecular complexity index is 859. The molecule has 0 N–H and O–H groups in total. The molecule has 0 saturated carbocycles. The first-order chi connectivity index (χ1) is 12.8. The molecule has 0 atom stereocenters. The number of benzene rings is 3. The van der Waals surface area contributed by atoms with Crippen LogP contribution in [0, 0.1) is 0 Å². The normalized spacial score (nSPS) is 10.2. The number of carbonyl (C=O) groups excluding carboxylic acids is 1. The molecule has 0 bridgehead atoms. The van der Waals surface area contributed by atoms with Crippen LogP contribution in [0.1, 0.15) is 10.4 Å². The number of ether oxygens (including phenoxy) is 3. The Kier molecular flexibility index (Phi) is 5.88. The predicted octanol–water partition coefficient (Wildman–Crippen LogP) is 4.63. The van der Waals surface area contributed by atoms with Crippen LogP contribution in [0.2, 0.25) is 0 Å². The Morgan fingerprint density at radius 1 is 0.808 bits per heavy atom. The third-order valence-electron chi connectivity index (χ3n) is 3.92. The topological polar surface area (TPSA) is 44.8 Å². The van der Waals surface area contributed by atoms with Crippen molar-refractivity contribution in [2.75, 3.05) is 20.3 Å². The smallest absolute Gasteiger partial charge is 0.153 e. The van der Waals surface area contributed by atoms with E-state index in [-0.39, 0.29) is 0 Å². The second kappa shape index (κ2) is 8.72. The molecule has 4 heteroatoms. The highest BCUT2D eigenvalue weighted by atomic mass is 16.5. The van der Waals surface area contributed by atoms with Gasteiger partial charge in [-0.2, -0.15) is 0 Å². The van der Waals surface area contributed by atoms with Crippen LogP contribution in [0.15, 0.2) is 72.8 Å². The van der Waals surface area contributed by atoms with Crippen LogP contribution in [0.5, 0.6) is 17.2 Å². The molecule has 0 amide bonds. The van der Waals surface area contributed by atoms with Gasteiger partial charge in [-0.1, -0.05) is 48.5 Å². The summed E-state index contributed by atoms with van der Waals surface area (Å²) >= 11 is 0. The molecule has 0 saturated heterocycles. The van der Waals surface area contributed by atoms with Crippen molar-refractivity contribution in [3.8, 4) is 28.4 Å². The van der Waals surface area contributed by atoms with Crippen LogP contribution in [-0.2, 0) is 0 Å². The fourth-order valence-corrected chi connectivity index (χ4v) is 2.62. The average Bonchev–Trinajstić information content (AvgIpc) is 2.72. The molecular weight excluding hydrogens is 328 g/mol. The number of para-hydroxylation sites is 1. The lowest BCUT2D eigenvalue weighted by molar-refractivity contribution is 0.111. The summed E-state index contributed by atoms with van der Waals surface area (Å²) in [5, 5.41) is 0. The molecule has 0 unspecified atom stereocenters. The van der Waals surface area contributed by atoms with Gasteiger partial charge < -0.3 is 14.2 Å². The zero-order valence-electron chi connectivity index (χ0n) is 14.6. The molecule has 132 valence electrons. The highest BCUT2D eigenvalue weighted by Gasteiger charge is 2.07. The molecule has 3 aromatic rings. The number of aldehydes is 1. The molecule has 0 radical (unpaired) electrons. The maximum Gasteiger partial charge on any atom is 0.153 e. The van der Waals surface area contributed by atoms with Crippen molar-refractivity contribution in [2.45, 2.75) is 0 Å². The molecule has 0 spiro atoms. The largest absolute Gasteiger partial charge is 0.497 e. The van der Waals surface area contributed by atoms with Gasteiger partial charge in [-0.15, -0.1) is 0 Å². The average molecular weight is 348 g/mol. The Hall–Kier alpha value is -3.27. The van der Waals surface area contributed by atoms with Crippen LogP contribution >= 0.6 is 0 Å². The van der Waals surface area contributed by atoms with E-state index in [4.69, 9.17) is 14.2 Å². The fourth-order valence-electron chi connectivity index (χ4n) is 2.62. The van der Waals surface area contributed by atoms with Gasteiger partial charge in [0.1, 0.15) is 30.5 Å². The molecule has 4 nitrogen and oxygen atoms in total. The number of methoxy groups -OCH3 is 1. The summed E-state index contributed by atoms with van der Waals surface area (Å²) in [7, 11) is 1.57. The van der Waals surface area contributed by atoms with Crippen molar-refractivity contribution in [3.63, 3.8) is 0 Å². The van der Waals surface area contributed by atoms with Gasteiger partial charge in [-0.3, -0.25) is 4.79 Å². The second-order valence-corrected chi connectivity index (χ2v) is 5.58. The summed E-state index contributed by atoms with van der Waals surface area (Å²) in [6, 6.07) is 23.1. The van der Waals surface area contributed by atoms with Crippen molar-refractivity contribution in [3.05, 3.63) is 78.4 Å². The van der Waals surface area contributed by atoms with Gasteiger partial charge in [0.15, 0.2) is 6.29 Å². The summed E-state index contributed by atoms with van der Waals surface area (Å²) < 4.78 is 16.8. The van der Waals surface area contributed by atoms with Crippen LogP contribution in [0.3, 0.4) is 0 Å². The first-order valence-corrected chi connectivity index (χ1v) is 8.35. The van der Waals surface area contributed by atoms with Gasteiger partial charge in [-0.25, -0.2) is 0 Å². The molecule has 3 rings (SSSR count). The molecule has 0 aliphatic heterocycles. The minimum atomic E-state index is 0.317. The molecule has 3 aromatic carbocycles. The number of hydrogen-bond acceptors (Lipinski definition) is 4. The van der Waals surface area contributed by atoms with Gasteiger partial charge in [0.2, 0.25) is 0 Å². The standard InChI is InChI=1S/C22H20O4/c1-24-19-12-11-18(16-23)22(15-19)26-14-13-25-21-10-6-5-9-20(21)17-7-3-2-4-8-17/h2-12,15-16H,13-14H2,1H3. The van der Waals surface area contributed by atoms with E-state index in [1.807, 2.05) is 54.6 Å². The lowest BCUT2D eigenvalue weighted by Crippen LogP contribution is -2.10. The third kappa shape index (κ3) is 4.22. The molecule has 0 aliphatic carbocycles. The van der Waals surface area contributed by atoms with Crippen LogP contribution in [0.4, 0.5) is 0 Å². The fraction of sp³-hybridized carbons (Fsp3) is 0.136. The lowest BCUT2D eigenvalue weighted by Gasteiger charge is -2.13. The summed E-state index contributed by atoms with van der Waals surface area (Å²) in [4.78, 5) is 11.1. The minimum Gasteiger partial charge on any atom is -0.497 e. The van der Waals surface area contributed by atoms with E-state index in [9.17, 15) is 4.79 Å². The molecule has 0 aromatic heterocycles. The Labute approximate surface area is 153 Å². The van der Waals surface area contributed by atoms with E-state index in [0.29, 0.717) is 30.3 Å². The molecule has 0 heterocycles. The van der Waals surface area contributed by atoms with Crippen LogP contribution < -0.4 is 14.2 Å². The highest BCUT2D eigenvalue weighted by Crippen LogP contribution is 2.29. The predicted molar refractivity (Wildman–Crippen MR) is 101 cm³/mol. The quantitative estimate of drug-likeness (QED) is 0.440. The maximum absolute atomic E-state index is 11.1. The van der Waals surface area contributed by atoms with E-state index in [1.54, 1.807) is 25.3 Å². The van der Waals surface area contributed by atoms with E-state index < -0.39 is 0 Å². The molecule has 26 heavy (non-hydrogen) atoms. The zero-order chi connectivity index (χ0) is 18.2. The Morgan fingerprint density at radius 2 is 1.50 bits per heavy atom. The van der Waals surface area contributed by atoms with E-state index in [2.05, 4.69) is 0 Å². The summed E-state index contributed by atoms with van der Waals surface area (Å²) in [6.45, 7) is 0.677. The monoisotopic (exact) mass is 348 g/mol. The van der Waals surface area contributed by atoms with Gasteiger partial charge in [0, 0.05) is 11.6 Å². The first kappa shape index (κ1) is 17.5. The van der Waals surface area contributed by atoms with Gasteiger partial charge >= 0.3 is 0 Å². The molecular formula is C22H20O4. The lowest BCUT2D eigenvalue weighted by atomic mass is 10.1. The highest BCUT2D eigenvalue weighted by molar-refractivity contribution is 5.79. The Morgan fingerprint density at radius 3 is 2.23 bits per heavy atom. The van der Waals surface area contributed by atoms with Crippen molar-refractivity contribution >= 4 is 6.29 Å². The molecule has 0 aliphatic rings. The van der Waals surface area contributed by atoms with Crippen LogP contribution in [0.25, 0.3) is 11.1 Å². The summed E-state index contributed by atoms with van der Waals surface area (Å²) in [6.07, 6.45) is 0.764. The first-order valence-electron chi connectivity index (χ1n) is 8.35. The Balaban J connectivity index is 1.64. The SMILES string of the molecule is COc1ccc(C=O)c(OCCOc2ccccc2-c2ccccc2)c1.